The van der Waals surface area contributed by atoms with Crippen LogP contribution in [0.1, 0.15) is 98.5 Å². The predicted octanol–water partition coefficient (Wildman–Crippen LogP) is 7.87. The number of nitrogens with one attached hydrogen (secondary N) is 6. The fourth-order valence-electron chi connectivity index (χ4n) is 10.0. The second-order valence-electron chi connectivity index (χ2n) is 22.0. The zero-order valence-electron chi connectivity index (χ0n) is 48.9. The Hall–Kier alpha value is -5.61. The van der Waals surface area contributed by atoms with Gasteiger partial charge in [-0.15, -0.1) is 0 Å². The van der Waals surface area contributed by atoms with Gasteiger partial charge in [-0.1, -0.05) is 106 Å². The Morgan fingerprint density at radius 1 is 1.01 bits per heavy atom. The number of hydrogen-bond acceptors (Lipinski definition) is 15. The lowest BCUT2D eigenvalue weighted by molar-refractivity contribution is -0.142. The fourth-order valence-corrected chi connectivity index (χ4v) is 12.0. The fraction of sp³-hybridized carbons (Fsp3) is 0.579. The van der Waals surface area contributed by atoms with Crippen LogP contribution in [0.5, 0.6) is 5.75 Å². The normalized spacial score (nSPS) is 24.6. The Morgan fingerprint density at radius 3 is 2.35 bits per heavy atom. The molecule has 3 aliphatic heterocycles. The highest BCUT2D eigenvalue weighted by atomic mass is 79.9. The Balaban J connectivity index is 1.34. The molecule has 2 saturated heterocycles. The molecule has 2 aromatic carbocycles. The molecule has 1 unspecified atom stereocenters. The molecule has 0 aliphatic carbocycles. The molecule has 10 atom stereocenters. The number of carbonyl (C=O) groups excluding carboxylic acids is 8. The van der Waals surface area contributed by atoms with Crippen LogP contribution in [0.2, 0.25) is 10.0 Å². The van der Waals surface area contributed by atoms with Gasteiger partial charge in [0.1, 0.15) is 58.2 Å². The SMILES string of the molecule is COc1cc2cc(c1Cl)N(C)C(=O)C[C@H](OC(=O)Nc1cc(F)c(NC(=O)[C@H](CCCNC(N)=O)NC(=O)[C@@H](NC(=O)CCCCC(C)OC(C=O)(CBr)CBr)C(C)C)cc1Cl)[C@]1(C)O[C@H]1[C@H](C)[C@@H]1C[C@@](O)(NC(=O)O1)[C@H](OC)/C=C/C=C(\C)C2. The Morgan fingerprint density at radius 2 is 1.72 bits per heavy atom. The molecule has 0 radical (unpaired) electrons. The first-order valence-corrected chi connectivity index (χ1v) is 30.6. The summed E-state index contributed by atoms with van der Waals surface area (Å²) in [5.74, 6) is -4.58. The first-order chi connectivity index (χ1) is 40.1. The van der Waals surface area contributed by atoms with E-state index in [0.29, 0.717) is 41.9 Å². The molecule has 9 N–H and O–H groups in total. The molecule has 2 fully saturated rings. The van der Waals surface area contributed by atoms with E-state index in [9.17, 15) is 43.5 Å². The summed E-state index contributed by atoms with van der Waals surface area (Å²) >= 11 is 20.1. The van der Waals surface area contributed by atoms with E-state index in [1.54, 1.807) is 58.1 Å². The maximum absolute atomic E-state index is 16.2. The minimum Gasteiger partial charge on any atom is -0.495 e. The summed E-state index contributed by atoms with van der Waals surface area (Å²) in [4.78, 5) is 107. The number of halogens is 5. The molecule has 3 heterocycles. The number of alkyl carbamates (subject to hydrolysis) is 1. The van der Waals surface area contributed by atoms with Gasteiger partial charge in [-0.25, -0.2) is 18.8 Å². The van der Waals surface area contributed by atoms with Gasteiger partial charge >= 0.3 is 18.2 Å². The van der Waals surface area contributed by atoms with Crippen LogP contribution in [0.3, 0.4) is 0 Å². The maximum Gasteiger partial charge on any atom is 0.412 e. The van der Waals surface area contributed by atoms with E-state index in [2.05, 4.69) is 63.8 Å². The number of urea groups is 1. The Labute approximate surface area is 520 Å². The molecule has 0 saturated carbocycles. The minimum atomic E-state index is -1.94. The second kappa shape index (κ2) is 31.3. The van der Waals surface area contributed by atoms with Crippen molar-refractivity contribution in [2.45, 2.75) is 159 Å². The summed E-state index contributed by atoms with van der Waals surface area (Å²) in [5.41, 5.74) is 1.89. The molecule has 0 spiro atoms. The lowest BCUT2D eigenvalue weighted by atomic mass is 9.83. The molecular formula is C57H77Br2Cl2FN8O15. The van der Waals surface area contributed by atoms with E-state index in [0.717, 1.165) is 24.0 Å². The number of alkyl halides is 2. The average Bonchev–Trinajstić information content (AvgIpc) is 1.66. The number of epoxide rings is 1. The number of nitrogens with zero attached hydrogens (tertiary/aromatic N) is 1. The summed E-state index contributed by atoms with van der Waals surface area (Å²) in [6, 6.07) is 1.99. The third kappa shape index (κ3) is 18.9. The minimum absolute atomic E-state index is 0.0130. The number of ether oxygens (including phenoxy) is 6. The van der Waals surface area contributed by atoms with E-state index < -0.39 is 125 Å². The van der Waals surface area contributed by atoms with Gasteiger partial charge in [0.2, 0.25) is 23.6 Å². The highest BCUT2D eigenvalue weighted by molar-refractivity contribution is 9.10. The number of nitrogens with two attached hydrogens (primary N) is 1. The van der Waals surface area contributed by atoms with Crippen molar-refractivity contribution < 1.29 is 76.3 Å². The summed E-state index contributed by atoms with van der Waals surface area (Å²) in [6.07, 6.45) is 0.523. The van der Waals surface area contributed by atoms with E-state index in [1.165, 1.54) is 26.2 Å². The molecule has 85 heavy (non-hydrogen) atoms. The van der Waals surface area contributed by atoms with Crippen LogP contribution in [0.4, 0.5) is 35.8 Å². The number of unbranched alkanes of at least 4 members (excludes halogenated alkanes) is 1. The van der Waals surface area contributed by atoms with Gasteiger partial charge in [-0.05, 0) is 82.6 Å². The number of primary amides is 1. The molecule has 0 aromatic heterocycles. The molecule has 28 heteroatoms. The van der Waals surface area contributed by atoms with Crippen LogP contribution >= 0.6 is 55.1 Å². The molecule has 23 nitrogen and oxygen atoms in total. The van der Waals surface area contributed by atoms with Crippen LogP contribution in [-0.2, 0) is 54.1 Å². The summed E-state index contributed by atoms with van der Waals surface area (Å²) < 4.78 is 51.3. The zero-order chi connectivity index (χ0) is 63.1. The number of hydrogen-bond donors (Lipinski definition) is 8. The van der Waals surface area contributed by atoms with Crippen molar-refractivity contribution in [3.05, 3.63) is 69.5 Å². The van der Waals surface area contributed by atoms with Gasteiger partial charge in [0, 0.05) is 56.2 Å². The Kier molecular flexibility index (Phi) is 25.9. The van der Waals surface area contributed by atoms with Crippen molar-refractivity contribution in [1.29, 1.82) is 0 Å². The van der Waals surface area contributed by atoms with Crippen LogP contribution in [0.15, 0.2) is 48.1 Å². The van der Waals surface area contributed by atoms with Crippen LogP contribution in [0, 0.1) is 17.7 Å². The van der Waals surface area contributed by atoms with Crippen molar-refractivity contribution >= 4 is 120 Å². The molecule has 2 aromatic rings. The smallest absolute Gasteiger partial charge is 0.412 e. The van der Waals surface area contributed by atoms with Crippen molar-refractivity contribution in [3.63, 3.8) is 0 Å². The lowest BCUT2D eigenvalue weighted by Crippen LogP contribution is -2.63. The number of aliphatic hydroxyl groups is 1. The average molecular weight is 1360 g/mol. The predicted molar refractivity (Wildman–Crippen MR) is 324 cm³/mol. The number of allylic oxidation sites excluding steroid dienone is 3. The topological polar surface area (TPSA) is 317 Å². The highest BCUT2D eigenvalue weighted by Gasteiger charge is 2.64. The van der Waals surface area contributed by atoms with E-state index >= 15 is 4.39 Å². The highest BCUT2D eigenvalue weighted by Crippen LogP contribution is 2.49. The van der Waals surface area contributed by atoms with Gasteiger partial charge in [-0.2, -0.15) is 0 Å². The van der Waals surface area contributed by atoms with Gasteiger partial charge in [0.05, 0.1) is 47.8 Å². The van der Waals surface area contributed by atoms with Crippen LogP contribution < -0.4 is 47.3 Å². The summed E-state index contributed by atoms with van der Waals surface area (Å²) in [6.45, 7) is 10.4. The number of amides is 8. The van der Waals surface area contributed by atoms with Crippen LogP contribution in [-0.4, -0.2) is 151 Å². The van der Waals surface area contributed by atoms with Crippen molar-refractivity contribution in [2.75, 3.05) is 54.0 Å². The van der Waals surface area contributed by atoms with Crippen LogP contribution in [0.25, 0.3) is 0 Å². The molecule has 4 bridgehead atoms. The number of rotatable bonds is 24. The Bertz CT molecular complexity index is 2830. The monoisotopic (exact) mass is 1360 g/mol. The summed E-state index contributed by atoms with van der Waals surface area (Å²) in [5, 5.41) is 27.4. The van der Waals surface area contributed by atoms with Gasteiger partial charge in [0.25, 0.3) is 0 Å². The third-order valence-electron chi connectivity index (χ3n) is 15.0. The van der Waals surface area contributed by atoms with Gasteiger partial charge < -0.3 is 70.2 Å². The van der Waals surface area contributed by atoms with Gasteiger partial charge in [0.15, 0.2) is 12.0 Å². The molecular weight excluding hydrogens is 1290 g/mol. The lowest BCUT2D eigenvalue weighted by Gasteiger charge is -2.42. The largest absolute Gasteiger partial charge is 0.495 e. The number of fused-ring (bicyclic) bond motifs is 5. The molecule has 8 amide bonds. The third-order valence-corrected chi connectivity index (χ3v) is 17.6. The van der Waals surface area contributed by atoms with Crippen molar-refractivity contribution in [2.24, 2.45) is 17.6 Å². The maximum atomic E-state index is 16.2. The summed E-state index contributed by atoms with van der Waals surface area (Å²) in [7, 11) is 4.30. The number of methoxy groups -OCH3 is 2. The quantitative estimate of drug-likeness (QED) is 0.0215. The first kappa shape index (κ1) is 70.2. The standard InChI is InChI=1S/C57H77Br2Cl2FN8O15/c1-30(2)48(68-45(72)18-11-10-15-32(4)84-56(27-58,28-59)29-71)51(75)65-37(16-13-19-64-52(63)76)50(74)66-39-23-35(60)38(24-36(39)62)67-53(77)83-44-25-46(73)70(7)40-21-34(22-41(80-8)47(40)61)20-31(3)14-12-17-43(81-9)57(79)26-42(82-54(78)69-57)33(5)49-55(44,6)85-49/h12,14,17,21-24,29-30,32-33,37,42-44,48-49,79H,10-11,13,15-16,18-20,25-28H2,1-9H3,(H,65,75)(H,66,74)(H,67,77)(H,68,72)(H,69,78)(H3,63,64,76)/b17-12+,31-14+/t32?,33-,37+,42+,43-,44+,48+,49+,55+,57+/m1/s1. The van der Waals surface area contributed by atoms with Gasteiger partial charge in [-0.3, -0.25) is 29.8 Å². The molecule has 470 valence electrons. The number of benzene rings is 2. The number of anilines is 3. The van der Waals surface area contributed by atoms with E-state index in [1.807, 2.05) is 13.8 Å². The molecule has 5 rings (SSSR count). The number of aldehydes is 1. The van der Waals surface area contributed by atoms with Crippen molar-refractivity contribution in [3.8, 4) is 5.75 Å². The first-order valence-electron chi connectivity index (χ1n) is 27.6. The van der Waals surface area contributed by atoms with Crippen molar-refractivity contribution in [1.82, 2.24) is 21.3 Å². The van der Waals surface area contributed by atoms with E-state index in [4.69, 9.17) is 57.4 Å². The molecule has 3 aliphatic rings. The number of carbonyl (C=O) groups is 8. The van der Waals surface area contributed by atoms with E-state index in [-0.39, 0.29) is 65.5 Å². The second-order valence-corrected chi connectivity index (χ2v) is 23.9. The zero-order valence-corrected chi connectivity index (χ0v) is 53.6.